The van der Waals surface area contributed by atoms with Crippen LogP contribution in [0.2, 0.25) is 0 Å². The van der Waals surface area contributed by atoms with E-state index >= 15 is 0 Å². The first-order chi connectivity index (χ1) is 10.7. The van der Waals surface area contributed by atoms with Gasteiger partial charge in [0.05, 0.1) is 0 Å². The fourth-order valence-electron chi connectivity index (χ4n) is 3.11. The Bertz CT molecular complexity index is 601. The second-order valence-electron chi connectivity index (χ2n) is 6.18. The Morgan fingerprint density at radius 3 is 3.05 bits per heavy atom. The quantitative estimate of drug-likeness (QED) is 0.846. The van der Waals surface area contributed by atoms with Crippen LogP contribution in [-0.2, 0) is 6.54 Å². The average Bonchev–Trinajstić information content (AvgIpc) is 2.96. The van der Waals surface area contributed by atoms with Crippen LogP contribution in [0.4, 0.5) is 5.82 Å². The summed E-state index contributed by atoms with van der Waals surface area (Å²) >= 11 is 0. The van der Waals surface area contributed by atoms with E-state index in [2.05, 4.69) is 43.9 Å². The molecule has 5 nitrogen and oxygen atoms in total. The fourth-order valence-corrected chi connectivity index (χ4v) is 3.11. The predicted molar refractivity (Wildman–Crippen MR) is 87.7 cm³/mol. The highest BCUT2D eigenvalue weighted by Gasteiger charge is 2.24. The van der Waals surface area contributed by atoms with E-state index in [1.807, 2.05) is 25.4 Å². The van der Waals surface area contributed by atoms with Gasteiger partial charge in [-0.2, -0.15) is 0 Å². The molecule has 0 bridgehead atoms. The highest BCUT2D eigenvalue weighted by Crippen LogP contribution is 2.23. The summed E-state index contributed by atoms with van der Waals surface area (Å²) in [6.07, 6.45) is 6.65. The van der Waals surface area contributed by atoms with E-state index in [-0.39, 0.29) is 0 Å². The summed E-state index contributed by atoms with van der Waals surface area (Å²) in [7, 11) is 2.19. The molecular weight excluding hydrogens is 274 g/mol. The van der Waals surface area contributed by atoms with Crippen LogP contribution in [0.15, 0.2) is 36.9 Å². The molecule has 0 amide bonds. The minimum Gasteiger partial charge on any atom is -0.356 e. The normalized spacial score (nSPS) is 18.1. The van der Waals surface area contributed by atoms with Crippen molar-refractivity contribution in [2.75, 3.05) is 31.6 Å². The van der Waals surface area contributed by atoms with E-state index in [0.717, 1.165) is 37.7 Å². The maximum Gasteiger partial charge on any atom is 0.132 e. The van der Waals surface area contributed by atoms with Crippen LogP contribution in [0.3, 0.4) is 0 Å². The van der Waals surface area contributed by atoms with Crippen molar-refractivity contribution in [3.63, 3.8) is 0 Å². The van der Waals surface area contributed by atoms with Gasteiger partial charge < -0.3 is 9.80 Å². The van der Waals surface area contributed by atoms with Crippen molar-refractivity contribution < 1.29 is 0 Å². The lowest BCUT2D eigenvalue weighted by Crippen LogP contribution is -2.28. The van der Waals surface area contributed by atoms with Crippen LogP contribution in [0, 0.1) is 12.8 Å². The van der Waals surface area contributed by atoms with Crippen LogP contribution in [0.1, 0.15) is 17.7 Å². The van der Waals surface area contributed by atoms with Crippen molar-refractivity contribution in [2.24, 2.45) is 5.92 Å². The molecule has 1 aliphatic rings. The lowest BCUT2D eigenvalue weighted by Gasteiger charge is -2.22. The van der Waals surface area contributed by atoms with Gasteiger partial charge in [-0.05, 0) is 37.9 Å². The van der Waals surface area contributed by atoms with Gasteiger partial charge in [-0.1, -0.05) is 6.07 Å². The van der Waals surface area contributed by atoms with Crippen molar-refractivity contribution >= 4 is 5.82 Å². The molecule has 0 radical (unpaired) electrons. The van der Waals surface area contributed by atoms with Gasteiger partial charge in [0, 0.05) is 50.3 Å². The summed E-state index contributed by atoms with van der Waals surface area (Å²) in [5.41, 5.74) is 2.30. The molecule has 0 aromatic carbocycles. The highest BCUT2D eigenvalue weighted by molar-refractivity contribution is 5.39. The van der Waals surface area contributed by atoms with Gasteiger partial charge in [-0.15, -0.1) is 0 Å². The maximum atomic E-state index is 4.40. The molecule has 3 rings (SSSR count). The van der Waals surface area contributed by atoms with Crippen LogP contribution < -0.4 is 4.90 Å². The zero-order valence-corrected chi connectivity index (χ0v) is 13.3. The van der Waals surface area contributed by atoms with Crippen molar-refractivity contribution in [3.05, 3.63) is 48.2 Å². The van der Waals surface area contributed by atoms with Crippen LogP contribution in [0.25, 0.3) is 0 Å². The third kappa shape index (κ3) is 3.80. The van der Waals surface area contributed by atoms with Gasteiger partial charge in [0.25, 0.3) is 0 Å². The Kier molecular flexibility index (Phi) is 4.63. The molecule has 1 unspecified atom stereocenters. The van der Waals surface area contributed by atoms with E-state index in [0.29, 0.717) is 5.92 Å². The second-order valence-corrected chi connectivity index (χ2v) is 6.18. The van der Waals surface area contributed by atoms with E-state index in [9.17, 15) is 0 Å². The topological polar surface area (TPSA) is 45.2 Å². The summed E-state index contributed by atoms with van der Waals surface area (Å²) in [6.45, 7) is 6.24. The molecule has 0 N–H and O–H groups in total. The molecule has 116 valence electrons. The molecule has 5 heteroatoms. The largest absolute Gasteiger partial charge is 0.356 e. The minimum atomic E-state index is 0.692. The fraction of sp³-hybridized carbons (Fsp3) is 0.471. The highest BCUT2D eigenvalue weighted by atomic mass is 15.2. The summed E-state index contributed by atoms with van der Waals surface area (Å²) < 4.78 is 0. The van der Waals surface area contributed by atoms with E-state index < -0.39 is 0 Å². The van der Waals surface area contributed by atoms with Gasteiger partial charge in [-0.3, -0.25) is 4.98 Å². The number of aryl methyl sites for hydroxylation is 1. The molecule has 0 aliphatic carbocycles. The van der Waals surface area contributed by atoms with Crippen LogP contribution in [-0.4, -0.2) is 46.5 Å². The molecule has 2 aromatic rings. The Morgan fingerprint density at radius 2 is 2.27 bits per heavy atom. The molecule has 22 heavy (non-hydrogen) atoms. The van der Waals surface area contributed by atoms with Crippen molar-refractivity contribution in [3.8, 4) is 0 Å². The third-order valence-electron chi connectivity index (χ3n) is 4.14. The van der Waals surface area contributed by atoms with Crippen molar-refractivity contribution in [1.29, 1.82) is 0 Å². The molecule has 1 aliphatic heterocycles. The van der Waals surface area contributed by atoms with Gasteiger partial charge >= 0.3 is 0 Å². The molecule has 2 aromatic heterocycles. The third-order valence-corrected chi connectivity index (χ3v) is 4.14. The number of aromatic nitrogens is 3. The first kappa shape index (κ1) is 14.9. The number of nitrogens with zero attached hydrogens (tertiary/aromatic N) is 5. The maximum absolute atomic E-state index is 4.40. The Balaban J connectivity index is 1.52. The van der Waals surface area contributed by atoms with Crippen LogP contribution in [0.5, 0.6) is 0 Å². The lowest BCUT2D eigenvalue weighted by atomic mass is 10.1. The molecule has 1 atom stereocenters. The molecule has 1 saturated heterocycles. The first-order valence-corrected chi connectivity index (χ1v) is 7.82. The lowest BCUT2D eigenvalue weighted by molar-refractivity contribution is 0.279. The molecule has 3 heterocycles. The number of rotatable bonds is 5. The number of anilines is 1. The number of hydrogen-bond donors (Lipinski definition) is 0. The standard InChI is InChI=1S/C17H23N5/c1-14-8-17(20-13-19-14)22-7-5-16(12-22)11-21(2)10-15-4-3-6-18-9-15/h3-4,6,8-9,13,16H,5,7,10-12H2,1-2H3. The molecular formula is C17H23N5. The van der Waals surface area contributed by atoms with Gasteiger partial charge in [0.15, 0.2) is 0 Å². The number of pyridine rings is 1. The van der Waals surface area contributed by atoms with Crippen molar-refractivity contribution in [1.82, 2.24) is 19.9 Å². The van der Waals surface area contributed by atoms with E-state index in [1.54, 1.807) is 6.33 Å². The molecule has 1 fully saturated rings. The molecule has 0 saturated carbocycles. The summed E-state index contributed by atoms with van der Waals surface area (Å²) in [5, 5.41) is 0. The van der Waals surface area contributed by atoms with Crippen molar-refractivity contribution in [2.45, 2.75) is 19.9 Å². The van der Waals surface area contributed by atoms with Gasteiger partial charge in [0.2, 0.25) is 0 Å². The summed E-state index contributed by atoms with van der Waals surface area (Å²) in [5.74, 6) is 1.75. The SMILES string of the molecule is Cc1cc(N2CCC(CN(C)Cc3cccnc3)C2)ncn1. The number of hydrogen-bond acceptors (Lipinski definition) is 5. The van der Waals surface area contributed by atoms with E-state index in [1.165, 1.54) is 12.0 Å². The minimum absolute atomic E-state index is 0.692. The summed E-state index contributed by atoms with van der Waals surface area (Å²) in [4.78, 5) is 17.5. The smallest absolute Gasteiger partial charge is 0.132 e. The monoisotopic (exact) mass is 297 g/mol. The Labute approximate surface area is 132 Å². The summed E-state index contributed by atoms with van der Waals surface area (Å²) in [6, 6.07) is 6.20. The predicted octanol–water partition coefficient (Wildman–Crippen LogP) is 2.14. The second kappa shape index (κ2) is 6.83. The zero-order valence-electron chi connectivity index (χ0n) is 13.3. The van der Waals surface area contributed by atoms with Crippen LogP contribution >= 0.6 is 0 Å². The Hall–Kier alpha value is -2.01. The van der Waals surface area contributed by atoms with Gasteiger partial charge in [-0.25, -0.2) is 9.97 Å². The Morgan fingerprint density at radius 1 is 1.36 bits per heavy atom. The molecule has 0 spiro atoms. The van der Waals surface area contributed by atoms with E-state index in [4.69, 9.17) is 0 Å². The first-order valence-electron chi connectivity index (χ1n) is 7.82. The van der Waals surface area contributed by atoms with Gasteiger partial charge in [0.1, 0.15) is 12.1 Å². The zero-order chi connectivity index (χ0) is 15.4. The average molecular weight is 297 g/mol.